The fourth-order valence-corrected chi connectivity index (χ4v) is 3.55. The second-order valence-electron chi connectivity index (χ2n) is 8.55. The molecule has 0 unspecified atom stereocenters. The third-order valence-electron chi connectivity index (χ3n) is 5.48. The smallest absolute Gasteiger partial charge is 0.305 e. The van der Waals surface area contributed by atoms with Crippen molar-refractivity contribution in [1.29, 1.82) is 0 Å². The molecule has 0 rings (SSSR count). The van der Waals surface area contributed by atoms with E-state index in [0.717, 1.165) is 12.8 Å². The molecule has 0 saturated carbocycles. The molecule has 0 aliphatic rings. The Morgan fingerprint density at radius 2 is 0.906 bits per heavy atom. The number of rotatable bonds is 27. The standard InChI is InChI=1S/C26H53NO5/c1-2-3-4-5-6-7-8-9-10-11-12-13-14-15-16-17-26(28)32-25-24-31-23-22-30-21-20-29-19-18-27/h2-25,27H2,1H3. The van der Waals surface area contributed by atoms with Gasteiger partial charge in [-0.1, -0.05) is 96.8 Å². The first kappa shape index (κ1) is 31.3. The highest BCUT2D eigenvalue weighted by Crippen LogP contribution is 2.13. The highest BCUT2D eigenvalue weighted by molar-refractivity contribution is 5.69. The quantitative estimate of drug-likeness (QED) is 0.123. The van der Waals surface area contributed by atoms with Crippen molar-refractivity contribution in [3.63, 3.8) is 0 Å². The highest BCUT2D eigenvalue weighted by atomic mass is 16.6. The number of hydrogen-bond donors (Lipinski definition) is 1. The third kappa shape index (κ3) is 27.3. The van der Waals surface area contributed by atoms with Crippen LogP contribution >= 0.6 is 0 Å². The van der Waals surface area contributed by atoms with Gasteiger partial charge < -0.3 is 24.7 Å². The van der Waals surface area contributed by atoms with Crippen LogP contribution in [0.3, 0.4) is 0 Å². The molecule has 0 bridgehead atoms. The summed E-state index contributed by atoms with van der Waals surface area (Å²) in [5.41, 5.74) is 5.32. The minimum atomic E-state index is -0.114. The Bertz CT molecular complexity index is 368. The van der Waals surface area contributed by atoms with Crippen LogP contribution in [-0.4, -0.2) is 58.8 Å². The molecule has 0 aliphatic carbocycles. The van der Waals surface area contributed by atoms with Crippen molar-refractivity contribution < 1.29 is 23.7 Å². The molecule has 2 N–H and O–H groups in total. The van der Waals surface area contributed by atoms with Crippen molar-refractivity contribution in [2.45, 2.75) is 110 Å². The first-order valence-corrected chi connectivity index (χ1v) is 13.4. The Hall–Kier alpha value is -0.690. The van der Waals surface area contributed by atoms with Gasteiger partial charge in [0.05, 0.1) is 39.6 Å². The fraction of sp³-hybridized carbons (Fsp3) is 0.962. The molecule has 0 aromatic carbocycles. The van der Waals surface area contributed by atoms with Gasteiger partial charge in [-0.2, -0.15) is 0 Å². The van der Waals surface area contributed by atoms with Gasteiger partial charge in [-0.25, -0.2) is 0 Å². The average Bonchev–Trinajstić information content (AvgIpc) is 2.80. The summed E-state index contributed by atoms with van der Waals surface area (Å²) in [4.78, 5) is 11.7. The highest BCUT2D eigenvalue weighted by Gasteiger charge is 2.02. The maximum Gasteiger partial charge on any atom is 0.305 e. The summed E-state index contributed by atoms with van der Waals surface area (Å²) in [6, 6.07) is 0. The van der Waals surface area contributed by atoms with Gasteiger partial charge in [0.1, 0.15) is 6.61 Å². The molecule has 32 heavy (non-hydrogen) atoms. The van der Waals surface area contributed by atoms with E-state index >= 15 is 0 Å². The Labute approximate surface area is 198 Å². The molecule has 0 radical (unpaired) electrons. The number of ether oxygens (including phenoxy) is 4. The second kappa shape index (κ2) is 28.3. The third-order valence-corrected chi connectivity index (χ3v) is 5.48. The first-order chi connectivity index (χ1) is 15.8. The van der Waals surface area contributed by atoms with E-state index in [4.69, 9.17) is 24.7 Å². The molecule has 6 nitrogen and oxygen atoms in total. The van der Waals surface area contributed by atoms with E-state index in [-0.39, 0.29) is 5.97 Å². The molecule has 0 atom stereocenters. The SMILES string of the molecule is CCCCCCCCCCCCCCCCCC(=O)OCCOCCOCCOCCN. The Morgan fingerprint density at radius 3 is 1.34 bits per heavy atom. The van der Waals surface area contributed by atoms with Gasteiger partial charge >= 0.3 is 5.97 Å². The second-order valence-corrected chi connectivity index (χ2v) is 8.55. The molecule has 0 aromatic heterocycles. The van der Waals surface area contributed by atoms with Crippen LogP contribution in [0.25, 0.3) is 0 Å². The number of nitrogens with two attached hydrogens (primary N) is 1. The molecule has 0 spiro atoms. The van der Waals surface area contributed by atoms with Gasteiger partial charge in [-0.05, 0) is 6.42 Å². The average molecular weight is 460 g/mol. The van der Waals surface area contributed by atoms with Crippen molar-refractivity contribution in [2.24, 2.45) is 5.73 Å². The lowest BCUT2D eigenvalue weighted by Crippen LogP contribution is -2.15. The summed E-state index contributed by atoms with van der Waals surface area (Å²) in [6.45, 7) is 6.19. The predicted molar refractivity (Wildman–Crippen MR) is 132 cm³/mol. The van der Waals surface area contributed by atoms with E-state index in [0.29, 0.717) is 59.2 Å². The Balaban J connectivity index is 3.13. The molecule has 0 saturated heterocycles. The van der Waals surface area contributed by atoms with Crippen LogP contribution in [0.4, 0.5) is 0 Å². The van der Waals surface area contributed by atoms with Crippen LogP contribution in [0, 0.1) is 0 Å². The monoisotopic (exact) mass is 459 g/mol. The molecule has 0 aliphatic heterocycles. The lowest BCUT2D eigenvalue weighted by molar-refractivity contribution is -0.145. The minimum absolute atomic E-state index is 0.114. The summed E-state index contributed by atoms with van der Waals surface area (Å²) < 4.78 is 21.1. The number of esters is 1. The Kier molecular flexibility index (Phi) is 27.7. The fourth-order valence-electron chi connectivity index (χ4n) is 3.55. The normalized spacial score (nSPS) is 11.2. The van der Waals surface area contributed by atoms with Gasteiger partial charge in [0, 0.05) is 13.0 Å². The Morgan fingerprint density at radius 1 is 0.531 bits per heavy atom. The molecular weight excluding hydrogens is 406 g/mol. The van der Waals surface area contributed by atoms with E-state index in [2.05, 4.69) is 6.92 Å². The van der Waals surface area contributed by atoms with Gasteiger partial charge in [-0.15, -0.1) is 0 Å². The van der Waals surface area contributed by atoms with Crippen LogP contribution in [0.1, 0.15) is 110 Å². The zero-order valence-electron chi connectivity index (χ0n) is 21.1. The van der Waals surface area contributed by atoms with Gasteiger partial charge in [-0.3, -0.25) is 4.79 Å². The number of carbonyl (C=O) groups excluding carboxylic acids is 1. The molecule has 0 heterocycles. The van der Waals surface area contributed by atoms with Crippen molar-refractivity contribution >= 4 is 5.97 Å². The van der Waals surface area contributed by atoms with Gasteiger partial charge in [0.25, 0.3) is 0 Å². The van der Waals surface area contributed by atoms with Crippen LogP contribution < -0.4 is 5.73 Å². The topological polar surface area (TPSA) is 80.0 Å². The maximum absolute atomic E-state index is 11.7. The molecule has 6 heteroatoms. The minimum Gasteiger partial charge on any atom is -0.463 e. The zero-order chi connectivity index (χ0) is 23.4. The van der Waals surface area contributed by atoms with Crippen molar-refractivity contribution in [1.82, 2.24) is 0 Å². The lowest BCUT2D eigenvalue weighted by atomic mass is 10.0. The maximum atomic E-state index is 11.7. The van der Waals surface area contributed by atoms with E-state index in [1.54, 1.807) is 0 Å². The molecule has 192 valence electrons. The van der Waals surface area contributed by atoms with Gasteiger partial charge in [0.15, 0.2) is 0 Å². The van der Waals surface area contributed by atoms with E-state index < -0.39 is 0 Å². The number of unbranched alkanes of at least 4 members (excludes halogenated alkanes) is 14. The molecule has 0 fully saturated rings. The van der Waals surface area contributed by atoms with E-state index in [1.165, 1.54) is 83.5 Å². The molecule has 0 amide bonds. The summed E-state index contributed by atoms with van der Waals surface area (Å²) in [5, 5.41) is 0. The van der Waals surface area contributed by atoms with Crippen LogP contribution in [0.5, 0.6) is 0 Å². The predicted octanol–water partition coefficient (Wildman–Crippen LogP) is 5.80. The summed E-state index contributed by atoms with van der Waals surface area (Å²) in [7, 11) is 0. The van der Waals surface area contributed by atoms with Crippen molar-refractivity contribution in [3.8, 4) is 0 Å². The summed E-state index contributed by atoms with van der Waals surface area (Å²) >= 11 is 0. The summed E-state index contributed by atoms with van der Waals surface area (Å²) in [5.74, 6) is -0.114. The largest absolute Gasteiger partial charge is 0.463 e. The van der Waals surface area contributed by atoms with Crippen molar-refractivity contribution in [2.75, 3.05) is 52.8 Å². The van der Waals surface area contributed by atoms with Crippen LogP contribution in [0.2, 0.25) is 0 Å². The zero-order valence-corrected chi connectivity index (χ0v) is 21.1. The van der Waals surface area contributed by atoms with E-state index in [9.17, 15) is 4.79 Å². The van der Waals surface area contributed by atoms with Crippen LogP contribution in [-0.2, 0) is 23.7 Å². The van der Waals surface area contributed by atoms with Crippen LogP contribution in [0.15, 0.2) is 0 Å². The number of carbonyl (C=O) groups is 1. The lowest BCUT2D eigenvalue weighted by Gasteiger charge is -2.07. The molecular formula is C26H53NO5. The number of hydrogen-bond acceptors (Lipinski definition) is 6. The van der Waals surface area contributed by atoms with E-state index in [1.807, 2.05) is 0 Å². The van der Waals surface area contributed by atoms with Crippen molar-refractivity contribution in [3.05, 3.63) is 0 Å². The summed E-state index contributed by atoms with van der Waals surface area (Å²) in [6.07, 6.45) is 20.4. The molecule has 0 aromatic rings. The first-order valence-electron chi connectivity index (χ1n) is 13.4. The van der Waals surface area contributed by atoms with Gasteiger partial charge in [0.2, 0.25) is 0 Å².